The fourth-order valence-corrected chi connectivity index (χ4v) is 2.18. The molecule has 0 bridgehead atoms. The van der Waals surface area contributed by atoms with Gasteiger partial charge in [0.25, 0.3) is 5.91 Å². The third kappa shape index (κ3) is 3.70. The Hall–Kier alpha value is -2.13. The number of aromatic nitrogens is 2. The smallest absolute Gasteiger partial charge is 0.273 e. The van der Waals surface area contributed by atoms with Gasteiger partial charge in [-0.1, -0.05) is 15.9 Å². The summed E-state index contributed by atoms with van der Waals surface area (Å²) in [6.45, 7) is 2.17. The summed E-state index contributed by atoms with van der Waals surface area (Å²) < 4.78 is 2.79. The molecule has 1 heterocycles. The van der Waals surface area contributed by atoms with E-state index in [0.29, 0.717) is 12.2 Å². The molecule has 108 valence electrons. The van der Waals surface area contributed by atoms with Gasteiger partial charge in [0.05, 0.1) is 12.0 Å². The Labute approximate surface area is 131 Å². The summed E-state index contributed by atoms with van der Waals surface area (Å²) in [5, 5.41) is 8.80. The van der Waals surface area contributed by atoms with Gasteiger partial charge < -0.3 is 9.47 Å². The van der Waals surface area contributed by atoms with Gasteiger partial charge in [0, 0.05) is 29.9 Å². The Morgan fingerprint density at radius 1 is 1.48 bits per heavy atom. The zero-order chi connectivity index (χ0) is 15.4. The van der Waals surface area contributed by atoms with E-state index in [9.17, 15) is 4.79 Å². The van der Waals surface area contributed by atoms with Gasteiger partial charge in [-0.15, -0.1) is 0 Å². The number of carbonyl (C=O) groups excluding carboxylic acids is 1. The molecular formula is C15H15BrN4O. The van der Waals surface area contributed by atoms with Gasteiger partial charge >= 0.3 is 0 Å². The van der Waals surface area contributed by atoms with Gasteiger partial charge in [-0.05, 0) is 31.2 Å². The van der Waals surface area contributed by atoms with Crippen molar-refractivity contribution < 1.29 is 4.79 Å². The van der Waals surface area contributed by atoms with Crippen LogP contribution in [0.1, 0.15) is 17.4 Å². The molecule has 2 rings (SSSR count). The summed E-state index contributed by atoms with van der Waals surface area (Å²) in [5.41, 5.74) is 1.29. The maximum Gasteiger partial charge on any atom is 0.273 e. The number of halogens is 1. The van der Waals surface area contributed by atoms with E-state index in [1.807, 2.05) is 24.3 Å². The van der Waals surface area contributed by atoms with Crippen molar-refractivity contribution in [2.45, 2.75) is 6.92 Å². The van der Waals surface area contributed by atoms with Crippen molar-refractivity contribution in [3.8, 4) is 11.8 Å². The molecule has 6 heteroatoms. The van der Waals surface area contributed by atoms with Crippen LogP contribution in [0.25, 0.3) is 5.69 Å². The largest absolute Gasteiger partial charge is 0.339 e. The second-order valence-corrected chi connectivity index (χ2v) is 5.77. The molecule has 2 aromatic rings. The number of nitriles is 1. The zero-order valence-electron chi connectivity index (χ0n) is 11.8. The molecule has 1 aromatic carbocycles. The van der Waals surface area contributed by atoms with Gasteiger partial charge in [0.15, 0.2) is 0 Å². The fraction of sp³-hybridized carbons (Fsp3) is 0.267. The summed E-state index contributed by atoms with van der Waals surface area (Å²) in [6, 6.07) is 9.83. The third-order valence-corrected chi connectivity index (χ3v) is 3.57. The number of rotatable bonds is 4. The van der Waals surface area contributed by atoms with E-state index in [-0.39, 0.29) is 11.8 Å². The number of amides is 1. The van der Waals surface area contributed by atoms with Crippen LogP contribution < -0.4 is 0 Å². The van der Waals surface area contributed by atoms with Crippen molar-refractivity contribution in [1.82, 2.24) is 14.5 Å². The maximum absolute atomic E-state index is 12.2. The molecule has 0 N–H and O–H groups in total. The minimum atomic E-state index is -0.201. The highest BCUT2D eigenvalue weighted by Gasteiger charge is 2.16. The first-order valence-electron chi connectivity index (χ1n) is 6.46. The quantitative estimate of drug-likeness (QED) is 0.854. The van der Waals surface area contributed by atoms with Crippen molar-refractivity contribution in [1.29, 1.82) is 5.26 Å². The van der Waals surface area contributed by atoms with Crippen LogP contribution in [0.3, 0.4) is 0 Å². The van der Waals surface area contributed by atoms with Crippen LogP contribution in [0.15, 0.2) is 41.3 Å². The number of hydrogen-bond acceptors (Lipinski definition) is 3. The molecular weight excluding hydrogens is 332 g/mol. The lowest BCUT2D eigenvalue weighted by atomic mass is 10.2. The zero-order valence-corrected chi connectivity index (χ0v) is 13.4. The Balaban J connectivity index is 2.14. The Morgan fingerprint density at radius 2 is 2.14 bits per heavy atom. The SMILES string of the molecule is C[C@@H](C#N)CN(C)C(=O)c1cn(-c2ccc(Br)cc2)cn1. The van der Waals surface area contributed by atoms with Crippen LogP contribution in [0.4, 0.5) is 0 Å². The number of carbonyl (C=O) groups is 1. The first-order valence-corrected chi connectivity index (χ1v) is 7.25. The van der Waals surface area contributed by atoms with Crippen molar-refractivity contribution in [3.05, 3.63) is 47.0 Å². The third-order valence-electron chi connectivity index (χ3n) is 3.04. The summed E-state index contributed by atoms with van der Waals surface area (Å²) in [7, 11) is 1.68. The molecule has 0 saturated heterocycles. The molecule has 1 atom stereocenters. The Morgan fingerprint density at radius 3 is 2.76 bits per heavy atom. The molecule has 21 heavy (non-hydrogen) atoms. The van der Waals surface area contributed by atoms with Crippen LogP contribution >= 0.6 is 15.9 Å². The molecule has 0 unspecified atom stereocenters. The molecule has 0 fully saturated rings. The van der Waals surface area contributed by atoms with Crippen molar-refractivity contribution in [2.24, 2.45) is 5.92 Å². The topological polar surface area (TPSA) is 61.9 Å². The first-order chi connectivity index (χ1) is 10.0. The van der Waals surface area contributed by atoms with Gasteiger partial charge in [0.1, 0.15) is 12.0 Å². The highest BCUT2D eigenvalue weighted by atomic mass is 79.9. The van der Waals surface area contributed by atoms with Crippen LogP contribution in [-0.4, -0.2) is 34.0 Å². The predicted molar refractivity (Wildman–Crippen MR) is 83.0 cm³/mol. The highest BCUT2D eigenvalue weighted by Crippen LogP contribution is 2.15. The van der Waals surface area contributed by atoms with Crippen molar-refractivity contribution in [2.75, 3.05) is 13.6 Å². The van der Waals surface area contributed by atoms with E-state index in [0.717, 1.165) is 10.2 Å². The van der Waals surface area contributed by atoms with Gasteiger partial charge in [-0.2, -0.15) is 5.26 Å². The summed E-state index contributed by atoms with van der Waals surface area (Å²) >= 11 is 3.38. The molecule has 0 aliphatic rings. The molecule has 0 aliphatic carbocycles. The lowest BCUT2D eigenvalue weighted by Gasteiger charge is -2.16. The Kier molecular flexibility index (Phi) is 4.76. The van der Waals surface area contributed by atoms with Crippen LogP contribution in [-0.2, 0) is 0 Å². The van der Waals surface area contributed by atoms with E-state index in [1.165, 1.54) is 4.90 Å². The van der Waals surface area contributed by atoms with Crippen LogP contribution in [0.2, 0.25) is 0 Å². The number of hydrogen-bond donors (Lipinski definition) is 0. The van der Waals surface area contributed by atoms with E-state index < -0.39 is 0 Å². The van der Waals surface area contributed by atoms with Gasteiger partial charge in [-0.25, -0.2) is 4.98 Å². The first kappa shape index (κ1) is 15.3. The highest BCUT2D eigenvalue weighted by molar-refractivity contribution is 9.10. The molecule has 0 radical (unpaired) electrons. The average Bonchev–Trinajstić information content (AvgIpc) is 2.96. The monoisotopic (exact) mass is 346 g/mol. The number of benzene rings is 1. The van der Waals surface area contributed by atoms with E-state index in [2.05, 4.69) is 27.0 Å². The molecule has 5 nitrogen and oxygen atoms in total. The van der Waals surface area contributed by atoms with Crippen LogP contribution in [0, 0.1) is 17.2 Å². The second kappa shape index (κ2) is 6.55. The predicted octanol–water partition coefficient (Wildman–Crippen LogP) is 2.87. The Bertz CT molecular complexity index is 672. The van der Waals surface area contributed by atoms with Crippen molar-refractivity contribution >= 4 is 21.8 Å². The van der Waals surface area contributed by atoms with Crippen LogP contribution in [0.5, 0.6) is 0 Å². The fourth-order valence-electron chi connectivity index (χ4n) is 1.92. The van der Waals surface area contributed by atoms with Crippen molar-refractivity contribution in [3.63, 3.8) is 0 Å². The van der Waals surface area contributed by atoms with E-state index in [4.69, 9.17) is 5.26 Å². The van der Waals surface area contributed by atoms with E-state index >= 15 is 0 Å². The summed E-state index contributed by atoms with van der Waals surface area (Å²) in [5.74, 6) is -0.388. The molecule has 0 spiro atoms. The normalized spacial score (nSPS) is 11.7. The average molecular weight is 347 g/mol. The van der Waals surface area contributed by atoms with Gasteiger partial charge in [-0.3, -0.25) is 4.79 Å². The molecule has 0 saturated carbocycles. The standard InChI is InChI=1S/C15H15BrN4O/c1-11(7-17)8-19(2)15(21)14-9-20(10-18-14)13-5-3-12(16)4-6-13/h3-6,9-11H,8H2,1-2H3/t11-/m0/s1. The van der Waals surface area contributed by atoms with Gasteiger partial charge in [0.2, 0.25) is 0 Å². The maximum atomic E-state index is 12.2. The van der Waals surface area contributed by atoms with E-state index in [1.54, 1.807) is 31.1 Å². The lowest BCUT2D eigenvalue weighted by molar-refractivity contribution is 0.0780. The minimum absolute atomic E-state index is 0.187. The number of nitrogens with zero attached hydrogens (tertiary/aromatic N) is 4. The molecule has 0 aliphatic heterocycles. The lowest BCUT2D eigenvalue weighted by Crippen LogP contribution is -2.30. The molecule has 1 amide bonds. The minimum Gasteiger partial charge on any atom is -0.339 e. The second-order valence-electron chi connectivity index (χ2n) is 4.86. The molecule has 1 aromatic heterocycles. The summed E-state index contributed by atoms with van der Waals surface area (Å²) in [4.78, 5) is 17.9. The summed E-state index contributed by atoms with van der Waals surface area (Å²) in [6.07, 6.45) is 3.30. The number of imidazole rings is 1.